The van der Waals surface area contributed by atoms with Gasteiger partial charge >= 0.3 is 0 Å². The van der Waals surface area contributed by atoms with Gasteiger partial charge in [-0.1, -0.05) is 150 Å². The second-order valence-corrected chi connectivity index (χ2v) is 19.7. The average Bonchev–Trinajstić information content (AvgIpc) is 4.13. The van der Waals surface area contributed by atoms with E-state index in [1.54, 1.807) is 36.4 Å². The number of rotatable bonds is 8. The van der Waals surface area contributed by atoms with E-state index in [0.717, 1.165) is 57.2 Å². The molecule has 1 aliphatic rings. The van der Waals surface area contributed by atoms with Gasteiger partial charge in [0.05, 0.1) is 22.4 Å². The number of benzene rings is 7. The van der Waals surface area contributed by atoms with E-state index in [1.807, 2.05) is 66.7 Å². The Morgan fingerprint density at radius 3 is 2.20 bits per heavy atom. The summed E-state index contributed by atoms with van der Waals surface area (Å²) in [5.74, 6) is 0.309. The molecule has 0 unspecified atom stereocenters. The normalized spacial score (nSPS) is 16.0. The first-order chi connectivity index (χ1) is 36.1. The number of hydrogen-bond acceptors (Lipinski definition) is 3. The van der Waals surface area contributed by atoms with Gasteiger partial charge in [0, 0.05) is 52.8 Å². The molecule has 0 spiro atoms. The third kappa shape index (κ3) is 9.57. The van der Waals surface area contributed by atoms with Crippen LogP contribution in [0.3, 0.4) is 0 Å². The summed E-state index contributed by atoms with van der Waals surface area (Å²) in [4.78, 5) is 9.47. The van der Waals surface area contributed by atoms with Gasteiger partial charge in [0.1, 0.15) is 5.58 Å². The minimum absolute atomic E-state index is 0. The number of aryl methyl sites for hydroxylation is 2. The van der Waals surface area contributed by atoms with Gasteiger partial charge in [-0.15, -0.1) is 48.0 Å². The van der Waals surface area contributed by atoms with Crippen LogP contribution in [-0.4, -0.2) is 14.5 Å². The molecule has 70 heavy (non-hydrogen) atoms. The Kier molecular flexibility index (Phi) is 11.6. The Balaban J connectivity index is 0.000000212. The van der Waals surface area contributed by atoms with Gasteiger partial charge in [-0.3, -0.25) is 9.37 Å². The van der Waals surface area contributed by atoms with Crippen LogP contribution >= 0.6 is 0 Å². The predicted octanol–water partition coefficient (Wildman–Crippen LogP) is 18.0. The quantitative estimate of drug-likeness (QED) is 0.142. The fourth-order valence-corrected chi connectivity index (χ4v) is 9.82. The van der Waals surface area contributed by atoms with E-state index in [4.69, 9.17) is 17.6 Å². The Morgan fingerprint density at radius 2 is 1.49 bits per heavy atom. The van der Waals surface area contributed by atoms with Crippen molar-refractivity contribution in [2.24, 2.45) is 5.41 Å². The van der Waals surface area contributed by atoms with Crippen molar-refractivity contribution < 1.29 is 38.5 Å². The molecule has 0 bridgehead atoms. The Labute approximate surface area is 436 Å². The molecule has 1 fully saturated rings. The van der Waals surface area contributed by atoms with E-state index in [-0.39, 0.29) is 53.6 Å². The van der Waals surface area contributed by atoms with Crippen molar-refractivity contribution in [3.05, 3.63) is 198 Å². The smallest absolute Gasteiger partial charge is 0.121 e. The predicted molar refractivity (Wildman–Crippen MR) is 285 cm³/mol. The summed E-state index contributed by atoms with van der Waals surface area (Å²) in [5, 5.41) is 1.79. The first kappa shape index (κ1) is 40.3. The number of nitrogens with zero attached hydrogens (tertiary/aromatic N) is 3. The van der Waals surface area contributed by atoms with Gasteiger partial charge in [0.2, 0.25) is 0 Å². The zero-order valence-electron chi connectivity index (χ0n) is 47.4. The van der Waals surface area contributed by atoms with Crippen LogP contribution in [0.25, 0.3) is 83.6 Å². The molecule has 0 atom stereocenters. The number of halogens is 1. The van der Waals surface area contributed by atoms with Crippen LogP contribution in [-0.2, 0) is 20.1 Å². The maximum Gasteiger partial charge on any atom is 0.121 e. The molecule has 1 radical (unpaired) electrons. The summed E-state index contributed by atoms with van der Waals surface area (Å²) in [6, 6.07) is 52.1. The monoisotopic (exact) mass is 1110 g/mol. The van der Waals surface area contributed by atoms with Crippen molar-refractivity contribution in [3.63, 3.8) is 0 Å². The third-order valence-electron chi connectivity index (χ3n) is 13.8. The molecular weight excluding hydrogens is 1040 g/mol. The Bertz CT molecular complexity index is 3730. The molecular formula is C64H60FIrN3O-2. The molecule has 7 aromatic carbocycles. The van der Waals surface area contributed by atoms with E-state index in [9.17, 15) is 5.76 Å². The fourth-order valence-electron chi connectivity index (χ4n) is 9.82. The zero-order valence-corrected chi connectivity index (χ0v) is 42.8. The zero-order chi connectivity index (χ0) is 53.9. The van der Waals surface area contributed by atoms with E-state index < -0.39 is 19.6 Å². The van der Waals surface area contributed by atoms with E-state index in [2.05, 4.69) is 93.6 Å². The molecule has 0 amide bonds. The first-order valence-corrected chi connectivity index (χ1v) is 24.0. The minimum Gasteiger partial charge on any atom is -0.501 e. The van der Waals surface area contributed by atoms with Gasteiger partial charge in [-0.05, 0) is 136 Å². The molecule has 6 heteroatoms. The first-order valence-electron chi connectivity index (χ1n) is 27.5. The topological polar surface area (TPSA) is 43.9 Å². The van der Waals surface area contributed by atoms with Crippen molar-refractivity contribution in [3.8, 4) is 50.6 Å². The summed E-state index contributed by atoms with van der Waals surface area (Å²) >= 11 is 0. The summed E-state index contributed by atoms with van der Waals surface area (Å²) < 4.78 is 81.9. The van der Waals surface area contributed by atoms with Crippen LogP contribution in [0.15, 0.2) is 156 Å². The van der Waals surface area contributed by atoms with E-state index in [1.165, 1.54) is 35.1 Å². The van der Waals surface area contributed by atoms with Crippen molar-refractivity contribution in [2.75, 3.05) is 0 Å². The Hall–Kier alpha value is -6.46. The number of hydrogen-bond donors (Lipinski definition) is 0. The molecule has 3 heterocycles. The molecule has 1 saturated carbocycles. The number of imidazole rings is 1. The van der Waals surface area contributed by atoms with Crippen LogP contribution in [0.2, 0.25) is 0 Å². The van der Waals surface area contributed by atoms with Gasteiger partial charge in [-0.2, -0.15) is 0 Å². The molecule has 0 aliphatic heterocycles. The van der Waals surface area contributed by atoms with E-state index in [0.29, 0.717) is 52.7 Å². The third-order valence-corrected chi connectivity index (χ3v) is 13.8. The standard InChI is InChI=1S/C39H36NO.C25H24FN2.Ir/c1-25-21-29(28-17-19-39(3,4)20-18-28)13-15-31(25)35-23-36(40-24-26(35)2)34-12-8-11-33-32-16-14-30(22-37(32)41-38(33)34)27-9-6-5-7-10-27;1-16(2)20-8-7-9-21(17(3)4)24(20)28-23-11-6-5-10-22(23)27-25(28)18-12-14-19(26)15-13-18;/h5-11,13-16,21-24,28H,17-20H2,1-4H3;5-12,14-17H,1-4H3;/q2*-1;/i1D3,2D3,28D;;. The second kappa shape index (κ2) is 20.1. The second-order valence-electron chi connectivity index (χ2n) is 19.7. The molecule has 4 nitrogen and oxygen atoms in total. The molecule has 11 rings (SSSR count). The summed E-state index contributed by atoms with van der Waals surface area (Å²) in [6.07, 6.45) is 4.31. The van der Waals surface area contributed by atoms with Gasteiger partial charge in [0.25, 0.3) is 0 Å². The molecule has 0 N–H and O–H groups in total. The number of pyridine rings is 1. The maximum atomic E-state index is 13.5. The Morgan fingerprint density at radius 1 is 0.743 bits per heavy atom. The molecule has 10 aromatic rings. The molecule has 1 aliphatic carbocycles. The fraction of sp³-hybridized carbons (Fsp3) is 0.250. The van der Waals surface area contributed by atoms with Gasteiger partial charge in [-0.25, -0.2) is 0 Å². The van der Waals surface area contributed by atoms with Crippen LogP contribution in [0.4, 0.5) is 4.39 Å². The maximum absolute atomic E-state index is 13.5. The molecule has 3 aromatic heterocycles. The summed E-state index contributed by atoms with van der Waals surface area (Å²) in [5.41, 5.74) is 12.1. The number of furan rings is 1. The van der Waals surface area contributed by atoms with Crippen molar-refractivity contribution in [2.45, 2.75) is 98.7 Å². The van der Waals surface area contributed by atoms with Gasteiger partial charge in [0.15, 0.2) is 0 Å². The number of fused-ring (bicyclic) bond motifs is 4. The van der Waals surface area contributed by atoms with E-state index >= 15 is 0 Å². The van der Waals surface area contributed by atoms with Crippen LogP contribution in [0, 0.1) is 37.1 Å². The number of aromatic nitrogens is 3. The summed E-state index contributed by atoms with van der Waals surface area (Å²) in [7, 11) is 0. The van der Waals surface area contributed by atoms with Crippen LogP contribution in [0.1, 0.15) is 122 Å². The van der Waals surface area contributed by atoms with Crippen LogP contribution in [0.5, 0.6) is 0 Å². The molecule has 355 valence electrons. The minimum atomic E-state index is -2.56. The van der Waals surface area contributed by atoms with Crippen molar-refractivity contribution in [1.29, 1.82) is 0 Å². The van der Waals surface area contributed by atoms with Crippen molar-refractivity contribution >= 4 is 33.0 Å². The summed E-state index contributed by atoms with van der Waals surface area (Å²) in [6.45, 7) is 8.15. The largest absolute Gasteiger partial charge is 0.501 e. The number of para-hydroxylation sites is 3. The molecule has 0 saturated heterocycles. The SMILES string of the molecule is CC(C)c1cccc(C(C)C)c1-n1c(-c2[c-]cc(F)cc2)nc2ccccc21.[2H]C([2H])([2H])c1cnc(-c2[c-]ccc3c2oc2cc(-c4ccccc4)ccc23)cc1-c1ccc(C2([2H])CCC(C)(C)CC2)cc1C([2H])([2H])[2H].[Ir]. The van der Waals surface area contributed by atoms with Crippen molar-refractivity contribution in [1.82, 2.24) is 14.5 Å². The average molecular weight is 1110 g/mol. The van der Waals surface area contributed by atoms with Crippen LogP contribution < -0.4 is 0 Å². The van der Waals surface area contributed by atoms with Gasteiger partial charge < -0.3 is 14.0 Å².